The molecular weight excluding hydrogens is 318 g/mol. The van der Waals surface area contributed by atoms with Crippen LogP contribution in [0.25, 0.3) is 0 Å². The zero-order valence-corrected chi connectivity index (χ0v) is 15.2. The van der Waals surface area contributed by atoms with Crippen molar-refractivity contribution in [1.29, 1.82) is 0 Å². The maximum Gasteiger partial charge on any atom is 0.317 e. The lowest BCUT2D eigenvalue weighted by atomic mass is 9.98. The van der Waals surface area contributed by atoms with Crippen LogP contribution in [0.15, 0.2) is 6.07 Å². The van der Waals surface area contributed by atoms with Crippen molar-refractivity contribution in [3.63, 3.8) is 0 Å². The molecule has 2 fully saturated rings. The number of urea groups is 1. The van der Waals surface area contributed by atoms with E-state index in [0.717, 1.165) is 69.2 Å². The van der Waals surface area contributed by atoms with E-state index in [2.05, 4.69) is 20.2 Å². The number of aryl methyl sites for hydroxylation is 2. The highest BCUT2D eigenvalue weighted by Crippen LogP contribution is 2.20. The highest BCUT2D eigenvalue weighted by atomic mass is 16.3. The summed E-state index contributed by atoms with van der Waals surface area (Å²) in [6.45, 7) is 7.43. The lowest BCUT2D eigenvalue weighted by Gasteiger charge is -2.36. The highest BCUT2D eigenvalue weighted by molar-refractivity contribution is 5.74. The van der Waals surface area contributed by atoms with E-state index in [4.69, 9.17) is 0 Å². The van der Waals surface area contributed by atoms with E-state index in [0.29, 0.717) is 5.92 Å². The Bertz CT molecular complexity index is 573. The largest absolute Gasteiger partial charge is 0.396 e. The Hall–Kier alpha value is -1.89. The van der Waals surface area contributed by atoms with Crippen LogP contribution in [0, 0.1) is 19.8 Å². The smallest absolute Gasteiger partial charge is 0.317 e. The van der Waals surface area contributed by atoms with Crippen LogP contribution >= 0.6 is 0 Å². The Balaban J connectivity index is 1.47. The zero-order chi connectivity index (χ0) is 17.8. The maximum atomic E-state index is 12.4. The Morgan fingerprint density at radius 3 is 2.44 bits per heavy atom. The molecule has 2 amide bonds. The van der Waals surface area contributed by atoms with E-state index in [1.165, 1.54) is 0 Å². The molecule has 2 N–H and O–H groups in total. The number of piperidine rings is 2. The van der Waals surface area contributed by atoms with Gasteiger partial charge >= 0.3 is 6.03 Å². The number of hydrogen-bond donors (Lipinski definition) is 2. The summed E-state index contributed by atoms with van der Waals surface area (Å²) in [6.07, 6.45) is 3.66. The molecule has 0 spiro atoms. The number of aromatic nitrogens is 2. The van der Waals surface area contributed by atoms with E-state index in [1.807, 2.05) is 24.8 Å². The molecule has 0 unspecified atom stereocenters. The molecule has 138 valence electrons. The summed E-state index contributed by atoms with van der Waals surface area (Å²) in [6, 6.07) is 2.30. The first kappa shape index (κ1) is 17.9. The number of rotatable bonds is 3. The monoisotopic (exact) mass is 347 g/mol. The van der Waals surface area contributed by atoms with Crippen molar-refractivity contribution < 1.29 is 9.90 Å². The van der Waals surface area contributed by atoms with Crippen molar-refractivity contribution >= 4 is 11.8 Å². The van der Waals surface area contributed by atoms with Crippen molar-refractivity contribution in [1.82, 2.24) is 20.2 Å². The van der Waals surface area contributed by atoms with Crippen molar-refractivity contribution in [2.45, 2.75) is 45.6 Å². The summed E-state index contributed by atoms with van der Waals surface area (Å²) in [4.78, 5) is 25.4. The fourth-order valence-electron chi connectivity index (χ4n) is 3.70. The fourth-order valence-corrected chi connectivity index (χ4v) is 3.70. The van der Waals surface area contributed by atoms with Crippen molar-refractivity contribution in [2.24, 2.45) is 5.92 Å². The van der Waals surface area contributed by atoms with Crippen molar-refractivity contribution in [2.75, 3.05) is 37.7 Å². The van der Waals surface area contributed by atoms with Gasteiger partial charge < -0.3 is 20.2 Å². The average Bonchev–Trinajstić information content (AvgIpc) is 2.61. The first-order chi connectivity index (χ1) is 12.0. The van der Waals surface area contributed by atoms with Crippen LogP contribution in [0.2, 0.25) is 0 Å². The van der Waals surface area contributed by atoms with Crippen LogP contribution in [0.5, 0.6) is 0 Å². The van der Waals surface area contributed by atoms with Gasteiger partial charge in [-0.05, 0) is 45.4 Å². The van der Waals surface area contributed by atoms with Crippen LogP contribution < -0.4 is 10.2 Å². The Morgan fingerprint density at radius 1 is 1.16 bits per heavy atom. The van der Waals surface area contributed by atoms with Crippen LogP contribution in [-0.2, 0) is 0 Å². The van der Waals surface area contributed by atoms with Crippen LogP contribution in [0.4, 0.5) is 10.6 Å². The first-order valence-corrected chi connectivity index (χ1v) is 9.28. The minimum absolute atomic E-state index is 0.0450. The molecule has 2 aliphatic heterocycles. The van der Waals surface area contributed by atoms with E-state index < -0.39 is 0 Å². The molecule has 0 atom stereocenters. The van der Waals surface area contributed by atoms with Gasteiger partial charge in [0.25, 0.3) is 0 Å². The molecule has 0 radical (unpaired) electrons. The zero-order valence-electron chi connectivity index (χ0n) is 15.2. The van der Waals surface area contributed by atoms with Gasteiger partial charge in [-0.15, -0.1) is 0 Å². The third-order valence-electron chi connectivity index (χ3n) is 5.26. The second-order valence-electron chi connectivity index (χ2n) is 7.24. The van der Waals surface area contributed by atoms with Gasteiger partial charge in [-0.1, -0.05) is 0 Å². The lowest BCUT2D eigenvalue weighted by Crippen LogP contribution is -2.51. The number of aliphatic hydroxyl groups is 1. The molecule has 7 nitrogen and oxygen atoms in total. The van der Waals surface area contributed by atoms with Crippen molar-refractivity contribution in [3.05, 3.63) is 17.6 Å². The van der Waals surface area contributed by atoms with E-state index >= 15 is 0 Å². The summed E-state index contributed by atoms with van der Waals surface area (Å²) in [5, 5.41) is 12.4. The van der Waals surface area contributed by atoms with Gasteiger partial charge in [-0.3, -0.25) is 0 Å². The second-order valence-corrected chi connectivity index (χ2v) is 7.24. The highest BCUT2D eigenvalue weighted by Gasteiger charge is 2.26. The molecule has 0 bridgehead atoms. The normalized spacial score (nSPS) is 20.0. The molecule has 1 aromatic heterocycles. The summed E-state index contributed by atoms with van der Waals surface area (Å²) < 4.78 is 0. The summed E-state index contributed by atoms with van der Waals surface area (Å²) in [7, 11) is 0. The Morgan fingerprint density at radius 2 is 1.84 bits per heavy atom. The van der Waals surface area contributed by atoms with Gasteiger partial charge in [0.1, 0.15) is 11.6 Å². The molecule has 7 heteroatoms. The minimum atomic E-state index is 0.0450. The van der Waals surface area contributed by atoms with E-state index in [-0.39, 0.29) is 18.7 Å². The number of aliphatic hydroxyl groups excluding tert-OH is 1. The number of likely N-dealkylation sites (tertiary alicyclic amines) is 1. The van der Waals surface area contributed by atoms with Crippen LogP contribution in [-0.4, -0.2) is 64.8 Å². The van der Waals surface area contributed by atoms with Crippen molar-refractivity contribution in [3.8, 4) is 0 Å². The van der Waals surface area contributed by atoms with Crippen LogP contribution in [0.3, 0.4) is 0 Å². The second kappa shape index (κ2) is 7.99. The molecular formula is C18H29N5O2. The molecule has 25 heavy (non-hydrogen) atoms. The number of carbonyl (C=O) groups is 1. The number of carbonyl (C=O) groups excluding carboxylic acids is 1. The SMILES string of the molecule is Cc1cc(N2CCC(NC(=O)N3CCC(CO)CC3)CC2)nc(C)n1. The molecule has 3 rings (SSSR count). The number of hydrogen-bond acceptors (Lipinski definition) is 5. The maximum absolute atomic E-state index is 12.4. The third-order valence-corrected chi connectivity index (χ3v) is 5.26. The number of amides is 2. The van der Waals surface area contributed by atoms with Gasteiger partial charge in [0.15, 0.2) is 0 Å². The van der Waals surface area contributed by atoms with Gasteiger partial charge in [0.2, 0.25) is 0 Å². The first-order valence-electron chi connectivity index (χ1n) is 9.28. The molecule has 2 saturated heterocycles. The summed E-state index contributed by atoms with van der Waals surface area (Å²) >= 11 is 0. The number of anilines is 1. The molecule has 3 heterocycles. The Labute approximate surface area is 149 Å². The quantitative estimate of drug-likeness (QED) is 0.865. The average molecular weight is 347 g/mol. The van der Waals surface area contributed by atoms with Gasteiger partial charge in [-0.2, -0.15) is 0 Å². The minimum Gasteiger partial charge on any atom is -0.396 e. The summed E-state index contributed by atoms with van der Waals surface area (Å²) in [5.41, 5.74) is 0.990. The predicted molar refractivity (Wildman–Crippen MR) is 96.7 cm³/mol. The summed E-state index contributed by atoms with van der Waals surface area (Å²) in [5.74, 6) is 2.14. The predicted octanol–water partition coefficient (Wildman–Crippen LogP) is 1.48. The molecule has 0 aliphatic carbocycles. The molecule has 1 aromatic rings. The number of nitrogens with zero attached hydrogens (tertiary/aromatic N) is 4. The number of nitrogens with one attached hydrogen (secondary N) is 1. The standard InChI is InChI=1S/C18H29N5O2/c1-13-11-17(20-14(2)19-13)22-9-5-16(6-10-22)21-18(25)23-7-3-15(12-24)4-8-23/h11,15-16,24H,3-10,12H2,1-2H3,(H,21,25). The van der Waals surface area contributed by atoms with E-state index in [1.54, 1.807) is 0 Å². The molecule has 0 aromatic carbocycles. The Kier molecular flexibility index (Phi) is 5.73. The molecule has 0 saturated carbocycles. The van der Waals surface area contributed by atoms with Gasteiger partial charge in [0.05, 0.1) is 0 Å². The lowest BCUT2D eigenvalue weighted by molar-refractivity contribution is 0.135. The van der Waals surface area contributed by atoms with Crippen LogP contribution in [0.1, 0.15) is 37.2 Å². The van der Waals surface area contributed by atoms with Gasteiger partial charge in [0, 0.05) is 50.6 Å². The van der Waals surface area contributed by atoms with E-state index in [9.17, 15) is 9.90 Å². The molecule has 2 aliphatic rings. The fraction of sp³-hybridized carbons (Fsp3) is 0.722. The van der Waals surface area contributed by atoms with Gasteiger partial charge in [-0.25, -0.2) is 14.8 Å². The topological polar surface area (TPSA) is 81.6 Å². The third kappa shape index (κ3) is 4.60.